The van der Waals surface area contributed by atoms with E-state index in [2.05, 4.69) is 31.1 Å². The van der Waals surface area contributed by atoms with Crippen LogP contribution >= 0.6 is 11.8 Å². The molecule has 160 valence electrons. The molecule has 2 aromatic rings. The van der Waals surface area contributed by atoms with Crippen LogP contribution in [0.3, 0.4) is 0 Å². The maximum atomic E-state index is 12.2. The van der Waals surface area contributed by atoms with Crippen molar-refractivity contribution in [2.75, 3.05) is 18.2 Å². The molecular weight excluding hydrogens is 404 g/mol. The predicted octanol–water partition coefficient (Wildman–Crippen LogP) is 2.07. The number of amides is 3. The fraction of sp³-hybridized carbons (Fsp3) is 0.500. The van der Waals surface area contributed by atoms with Crippen molar-refractivity contribution in [3.05, 3.63) is 35.7 Å². The molecule has 3 amide bonds. The summed E-state index contributed by atoms with van der Waals surface area (Å²) in [5, 5.41) is 16.1. The standard InChI is InChI=1S/C20H26N6O3S/c1-29-13-8-6-12(7-9-13)10-16-22-19(26-25-16)23-17(27)5-3-2-4-15-18-14(11-30-15)21-20(28)24-18/h6-9,14-15,18H,2-5,10-11H2,1H3,(H2,21,24,28)(H2,22,23,25,26,27). The van der Waals surface area contributed by atoms with Gasteiger partial charge in [0.15, 0.2) is 0 Å². The van der Waals surface area contributed by atoms with E-state index in [0.717, 1.165) is 36.3 Å². The molecule has 10 heteroatoms. The Labute approximate surface area is 179 Å². The van der Waals surface area contributed by atoms with E-state index in [4.69, 9.17) is 4.74 Å². The SMILES string of the molecule is COc1ccc(Cc2nc(NC(=O)CCCCC3SCC4NC(=O)NC43)n[nH]2)cc1. The molecule has 2 aliphatic heterocycles. The van der Waals surface area contributed by atoms with E-state index < -0.39 is 0 Å². The highest BCUT2D eigenvalue weighted by atomic mass is 32.2. The van der Waals surface area contributed by atoms with Crippen LogP contribution in [-0.4, -0.2) is 57.3 Å². The Balaban J connectivity index is 1.16. The number of anilines is 1. The number of carbonyl (C=O) groups excluding carboxylic acids is 2. The van der Waals surface area contributed by atoms with Gasteiger partial charge in [0, 0.05) is 23.8 Å². The topological polar surface area (TPSA) is 121 Å². The van der Waals surface area contributed by atoms with E-state index in [1.54, 1.807) is 7.11 Å². The molecular formula is C20H26N6O3S. The van der Waals surface area contributed by atoms with Crippen molar-refractivity contribution in [2.24, 2.45) is 0 Å². The molecule has 0 radical (unpaired) electrons. The molecule has 0 saturated carbocycles. The highest BCUT2D eigenvalue weighted by Crippen LogP contribution is 2.33. The van der Waals surface area contributed by atoms with E-state index in [-0.39, 0.29) is 24.0 Å². The lowest BCUT2D eigenvalue weighted by atomic mass is 10.0. The number of carbonyl (C=O) groups is 2. The molecule has 2 fully saturated rings. The largest absolute Gasteiger partial charge is 0.497 e. The minimum Gasteiger partial charge on any atom is -0.497 e. The number of methoxy groups -OCH3 is 1. The zero-order valence-electron chi connectivity index (χ0n) is 16.8. The van der Waals surface area contributed by atoms with Crippen LogP contribution in [0.2, 0.25) is 0 Å². The Kier molecular flexibility index (Phi) is 6.41. The fourth-order valence-electron chi connectivity index (χ4n) is 3.83. The van der Waals surface area contributed by atoms with Gasteiger partial charge in [-0.1, -0.05) is 18.6 Å². The number of hydrogen-bond acceptors (Lipinski definition) is 6. The van der Waals surface area contributed by atoms with Gasteiger partial charge in [-0.3, -0.25) is 15.2 Å². The summed E-state index contributed by atoms with van der Waals surface area (Å²) in [7, 11) is 1.63. The van der Waals surface area contributed by atoms with E-state index >= 15 is 0 Å². The van der Waals surface area contributed by atoms with Crippen molar-refractivity contribution in [3.63, 3.8) is 0 Å². The molecule has 1 aromatic carbocycles. The Morgan fingerprint density at radius 2 is 2.10 bits per heavy atom. The van der Waals surface area contributed by atoms with Gasteiger partial charge in [-0.15, -0.1) is 5.10 Å². The molecule has 1 aromatic heterocycles. The summed E-state index contributed by atoms with van der Waals surface area (Å²) in [5.41, 5.74) is 1.07. The van der Waals surface area contributed by atoms with Crippen LogP contribution in [0.25, 0.3) is 0 Å². The zero-order chi connectivity index (χ0) is 20.9. The van der Waals surface area contributed by atoms with Gasteiger partial charge in [-0.2, -0.15) is 16.7 Å². The number of hydrogen-bond donors (Lipinski definition) is 4. The van der Waals surface area contributed by atoms with Crippen molar-refractivity contribution < 1.29 is 14.3 Å². The number of urea groups is 1. The molecule has 0 bridgehead atoms. The summed E-state index contributed by atoms with van der Waals surface area (Å²) in [6.07, 6.45) is 3.76. The maximum Gasteiger partial charge on any atom is 0.315 e. The van der Waals surface area contributed by atoms with Gasteiger partial charge in [0.25, 0.3) is 0 Å². The Morgan fingerprint density at radius 3 is 2.90 bits per heavy atom. The molecule has 3 atom stereocenters. The van der Waals surface area contributed by atoms with Gasteiger partial charge < -0.3 is 15.4 Å². The monoisotopic (exact) mass is 430 g/mol. The Morgan fingerprint density at radius 1 is 1.27 bits per heavy atom. The summed E-state index contributed by atoms with van der Waals surface area (Å²) in [6.45, 7) is 0. The summed E-state index contributed by atoms with van der Waals surface area (Å²) in [4.78, 5) is 27.9. The first-order valence-corrected chi connectivity index (χ1v) is 11.2. The number of nitrogens with zero attached hydrogens (tertiary/aromatic N) is 2. The van der Waals surface area contributed by atoms with Crippen molar-refractivity contribution in [1.29, 1.82) is 0 Å². The van der Waals surface area contributed by atoms with Crippen LogP contribution in [0.15, 0.2) is 24.3 Å². The molecule has 3 unspecified atom stereocenters. The number of aromatic nitrogens is 3. The van der Waals surface area contributed by atoms with Crippen molar-refractivity contribution in [2.45, 2.75) is 49.4 Å². The number of H-pyrrole nitrogens is 1. The van der Waals surface area contributed by atoms with Crippen LogP contribution in [0.4, 0.5) is 10.7 Å². The van der Waals surface area contributed by atoms with Gasteiger partial charge in [0.2, 0.25) is 11.9 Å². The molecule has 4 N–H and O–H groups in total. The highest BCUT2D eigenvalue weighted by molar-refractivity contribution is 8.00. The predicted molar refractivity (Wildman–Crippen MR) is 115 cm³/mol. The quantitative estimate of drug-likeness (QED) is 0.357. The van der Waals surface area contributed by atoms with Crippen molar-refractivity contribution in [1.82, 2.24) is 25.8 Å². The van der Waals surface area contributed by atoms with Crippen molar-refractivity contribution in [3.8, 4) is 5.75 Å². The normalized spacial score (nSPS) is 22.3. The van der Waals surface area contributed by atoms with E-state index in [1.165, 1.54) is 0 Å². The lowest BCUT2D eigenvalue weighted by Gasteiger charge is -2.16. The molecule has 2 aliphatic rings. The third-order valence-electron chi connectivity index (χ3n) is 5.39. The second kappa shape index (κ2) is 9.38. The van der Waals surface area contributed by atoms with Gasteiger partial charge >= 0.3 is 6.03 Å². The second-order valence-corrected chi connectivity index (χ2v) is 8.82. The smallest absolute Gasteiger partial charge is 0.315 e. The average molecular weight is 431 g/mol. The zero-order valence-corrected chi connectivity index (χ0v) is 17.6. The van der Waals surface area contributed by atoms with Crippen molar-refractivity contribution >= 4 is 29.6 Å². The molecule has 30 heavy (non-hydrogen) atoms. The minimum absolute atomic E-state index is 0.0625. The number of nitrogens with one attached hydrogen (secondary N) is 4. The molecule has 0 spiro atoms. The number of ether oxygens (including phenoxy) is 1. The van der Waals surface area contributed by atoms with Crippen LogP contribution < -0.4 is 20.7 Å². The van der Waals surface area contributed by atoms with E-state index in [0.29, 0.717) is 29.9 Å². The first-order chi connectivity index (χ1) is 14.6. The number of rotatable bonds is 9. The first-order valence-electron chi connectivity index (χ1n) is 10.1. The highest BCUT2D eigenvalue weighted by Gasteiger charge is 2.42. The number of fused-ring (bicyclic) bond motifs is 1. The number of unbranched alkanes of at least 4 members (excludes halogenated alkanes) is 1. The number of thioether (sulfide) groups is 1. The molecule has 9 nitrogen and oxygen atoms in total. The summed E-state index contributed by atoms with van der Waals surface area (Å²) < 4.78 is 5.16. The minimum atomic E-state index is -0.0854. The maximum absolute atomic E-state index is 12.2. The fourth-order valence-corrected chi connectivity index (χ4v) is 5.37. The number of aromatic amines is 1. The summed E-state index contributed by atoms with van der Waals surface area (Å²) >= 11 is 1.89. The Hall–Kier alpha value is -2.75. The average Bonchev–Trinajstić information content (AvgIpc) is 3.42. The van der Waals surface area contributed by atoms with Gasteiger partial charge in [0.05, 0.1) is 19.2 Å². The first kappa shape index (κ1) is 20.5. The lowest BCUT2D eigenvalue weighted by molar-refractivity contribution is -0.116. The summed E-state index contributed by atoms with van der Waals surface area (Å²) in [6, 6.07) is 8.13. The van der Waals surface area contributed by atoms with Gasteiger partial charge in [0.1, 0.15) is 11.6 Å². The third-order valence-corrected chi connectivity index (χ3v) is 6.90. The molecule has 0 aliphatic carbocycles. The lowest BCUT2D eigenvalue weighted by Crippen LogP contribution is -2.36. The van der Waals surface area contributed by atoms with Crippen LogP contribution in [0, 0.1) is 0 Å². The molecule has 2 saturated heterocycles. The van der Waals surface area contributed by atoms with Crippen LogP contribution in [-0.2, 0) is 11.2 Å². The molecule has 4 rings (SSSR count). The third kappa shape index (κ3) is 5.05. The van der Waals surface area contributed by atoms with E-state index in [1.807, 2.05) is 36.0 Å². The second-order valence-electron chi connectivity index (χ2n) is 7.55. The summed E-state index contributed by atoms with van der Waals surface area (Å²) in [5.74, 6) is 2.67. The molecule has 3 heterocycles. The van der Waals surface area contributed by atoms with Gasteiger partial charge in [-0.25, -0.2) is 4.79 Å². The van der Waals surface area contributed by atoms with E-state index in [9.17, 15) is 9.59 Å². The Bertz CT molecular complexity index is 887. The van der Waals surface area contributed by atoms with Crippen LogP contribution in [0.1, 0.15) is 37.1 Å². The van der Waals surface area contributed by atoms with Gasteiger partial charge in [-0.05, 0) is 30.5 Å². The number of benzene rings is 1. The van der Waals surface area contributed by atoms with Crippen LogP contribution in [0.5, 0.6) is 5.75 Å².